The van der Waals surface area contributed by atoms with E-state index in [2.05, 4.69) is 21.4 Å². The minimum Gasteiger partial charge on any atom is -0.444 e. The van der Waals surface area contributed by atoms with Crippen LogP contribution < -0.4 is 10.9 Å². The maximum atomic E-state index is 12.1. The van der Waals surface area contributed by atoms with Gasteiger partial charge in [0.15, 0.2) is 0 Å². The molecule has 142 valence electrons. The number of ether oxygens (including phenoxy) is 1. The van der Waals surface area contributed by atoms with Crippen molar-refractivity contribution in [1.82, 2.24) is 9.97 Å². The molecule has 0 fully saturated rings. The third-order valence-electron chi connectivity index (χ3n) is 4.40. The number of hydrogen-bond acceptors (Lipinski definition) is 3. The van der Waals surface area contributed by atoms with Gasteiger partial charge in [0.05, 0.1) is 0 Å². The predicted octanol–water partition coefficient (Wildman–Crippen LogP) is 5.02. The number of pyridine rings is 1. The SMILES string of the molecule is CC(C)(C)OC(=O)Nc1ccc(-c2ccc3[nH]c(=O)c4[nH]ccc4c3c2)cc1. The Bertz CT molecular complexity index is 1230. The molecule has 4 rings (SSSR count). The van der Waals surface area contributed by atoms with Crippen LogP contribution in [0.2, 0.25) is 0 Å². The second-order valence-corrected chi connectivity index (χ2v) is 7.69. The zero-order valence-corrected chi connectivity index (χ0v) is 15.9. The van der Waals surface area contributed by atoms with Crippen LogP contribution in [0.4, 0.5) is 10.5 Å². The number of fused-ring (bicyclic) bond motifs is 3. The number of nitrogens with one attached hydrogen (secondary N) is 3. The van der Waals surface area contributed by atoms with Crippen LogP contribution in [-0.4, -0.2) is 21.7 Å². The average Bonchev–Trinajstić information content (AvgIpc) is 3.11. The van der Waals surface area contributed by atoms with Gasteiger partial charge < -0.3 is 14.7 Å². The summed E-state index contributed by atoms with van der Waals surface area (Å²) in [5, 5.41) is 4.60. The fourth-order valence-corrected chi connectivity index (χ4v) is 3.19. The second-order valence-electron chi connectivity index (χ2n) is 7.69. The summed E-state index contributed by atoms with van der Waals surface area (Å²) < 4.78 is 5.27. The van der Waals surface area contributed by atoms with E-state index in [-0.39, 0.29) is 5.56 Å². The quantitative estimate of drug-likeness (QED) is 0.459. The molecule has 6 heteroatoms. The van der Waals surface area contributed by atoms with Crippen LogP contribution in [0.1, 0.15) is 20.8 Å². The Kier molecular flexibility index (Phi) is 4.19. The van der Waals surface area contributed by atoms with Gasteiger partial charge in [0, 0.05) is 28.2 Å². The molecule has 0 aliphatic rings. The van der Waals surface area contributed by atoms with Crippen molar-refractivity contribution in [2.45, 2.75) is 26.4 Å². The van der Waals surface area contributed by atoms with Crippen molar-refractivity contribution in [3.05, 3.63) is 65.1 Å². The first kappa shape index (κ1) is 17.9. The molecule has 0 aliphatic heterocycles. The fourth-order valence-electron chi connectivity index (χ4n) is 3.19. The van der Waals surface area contributed by atoms with Gasteiger partial charge in [-0.25, -0.2) is 4.79 Å². The Morgan fingerprint density at radius 1 is 0.964 bits per heavy atom. The first-order chi connectivity index (χ1) is 13.3. The van der Waals surface area contributed by atoms with Crippen LogP contribution in [-0.2, 0) is 4.74 Å². The smallest absolute Gasteiger partial charge is 0.412 e. The molecule has 2 aromatic heterocycles. The van der Waals surface area contributed by atoms with Crippen LogP contribution in [0.15, 0.2) is 59.5 Å². The van der Waals surface area contributed by atoms with Gasteiger partial charge in [0.1, 0.15) is 11.1 Å². The van der Waals surface area contributed by atoms with Gasteiger partial charge in [-0.15, -0.1) is 0 Å². The molecule has 0 bridgehead atoms. The zero-order valence-electron chi connectivity index (χ0n) is 15.9. The number of rotatable bonds is 2. The topological polar surface area (TPSA) is 87.0 Å². The molecule has 3 N–H and O–H groups in total. The molecular weight excluding hydrogens is 354 g/mol. The van der Waals surface area contributed by atoms with Gasteiger partial charge in [-0.2, -0.15) is 0 Å². The fraction of sp³-hybridized carbons (Fsp3) is 0.182. The second kappa shape index (κ2) is 6.56. The number of amides is 1. The zero-order chi connectivity index (χ0) is 19.9. The molecule has 0 saturated carbocycles. The summed E-state index contributed by atoms with van der Waals surface area (Å²) in [6, 6.07) is 15.4. The van der Waals surface area contributed by atoms with E-state index < -0.39 is 11.7 Å². The minimum absolute atomic E-state index is 0.127. The molecule has 0 aliphatic carbocycles. The highest BCUT2D eigenvalue weighted by atomic mass is 16.6. The van der Waals surface area contributed by atoms with E-state index in [0.717, 1.165) is 27.4 Å². The Morgan fingerprint density at radius 2 is 1.68 bits per heavy atom. The van der Waals surface area contributed by atoms with E-state index in [4.69, 9.17) is 4.74 Å². The third-order valence-corrected chi connectivity index (χ3v) is 4.40. The van der Waals surface area contributed by atoms with Crippen molar-refractivity contribution in [2.75, 3.05) is 5.32 Å². The molecule has 28 heavy (non-hydrogen) atoms. The molecule has 0 unspecified atom stereocenters. The van der Waals surface area contributed by atoms with Gasteiger partial charge in [0.2, 0.25) is 0 Å². The van der Waals surface area contributed by atoms with Crippen LogP contribution >= 0.6 is 0 Å². The number of benzene rings is 2. The number of aromatic amines is 2. The van der Waals surface area contributed by atoms with E-state index >= 15 is 0 Å². The molecular formula is C22H21N3O3. The number of carbonyl (C=O) groups is 1. The first-order valence-corrected chi connectivity index (χ1v) is 9.04. The van der Waals surface area contributed by atoms with Gasteiger partial charge >= 0.3 is 6.09 Å². The van der Waals surface area contributed by atoms with Crippen LogP contribution in [0.3, 0.4) is 0 Å². The molecule has 1 amide bonds. The number of anilines is 1. The Hall–Kier alpha value is -3.54. The third kappa shape index (κ3) is 3.49. The number of aromatic nitrogens is 2. The Morgan fingerprint density at radius 3 is 2.39 bits per heavy atom. The van der Waals surface area contributed by atoms with E-state index in [1.807, 2.05) is 63.2 Å². The Labute approximate surface area is 161 Å². The van der Waals surface area contributed by atoms with Crippen LogP contribution in [0.25, 0.3) is 32.9 Å². The lowest BCUT2D eigenvalue weighted by Gasteiger charge is -2.19. The van der Waals surface area contributed by atoms with E-state index in [0.29, 0.717) is 11.2 Å². The normalized spacial score (nSPS) is 11.7. The van der Waals surface area contributed by atoms with Crippen molar-refractivity contribution in [3.8, 4) is 11.1 Å². The van der Waals surface area contributed by atoms with Crippen molar-refractivity contribution in [1.29, 1.82) is 0 Å². The summed E-state index contributed by atoms with van der Waals surface area (Å²) >= 11 is 0. The predicted molar refractivity (Wildman–Crippen MR) is 112 cm³/mol. The monoisotopic (exact) mass is 375 g/mol. The number of carbonyl (C=O) groups excluding carboxylic acids is 1. The maximum Gasteiger partial charge on any atom is 0.412 e. The molecule has 0 atom stereocenters. The summed E-state index contributed by atoms with van der Waals surface area (Å²) in [5.41, 5.74) is 3.39. The summed E-state index contributed by atoms with van der Waals surface area (Å²) in [4.78, 5) is 29.9. The molecule has 6 nitrogen and oxygen atoms in total. The van der Waals surface area contributed by atoms with Crippen molar-refractivity contribution in [2.24, 2.45) is 0 Å². The molecule has 0 spiro atoms. The lowest BCUT2D eigenvalue weighted by Crippen LogP contribution is -2.27. The highest BCUT2D eigenvalue weighted by Crippen LogP contribution is 2.28. The standard InChI is InChI=1S/C22H21N3O3/c1-22(2,3)28-21(27)24-15-7-4-13(5-8-15)14-6-9-18-17(12-14)16-10-11-23-19(16)20(26)25-18/h4-12,23H,1-3H3,(H,24,27)(H,25,26). The highest BCUT2D eigenvalue weighted by molar-refractivity contribution is 6.05. The number of hydrogen-bond donors (Lipinski definition) is 3. The average molecular weight is 375 g/mol. The van der Waals surface area contributed by atoms with Gasteiger partial charge in [-0.3, -0.25) is 10.1 Å². The highest BCUT2D eigenvalue weighted by Gasteiger charge is 2.16. The molecule has 0 saturated heterocycles. The van der Waals surface area contributed by atoms with Gasteiger partial charge in [-0.1, -0.05) is 18.2 Å². The van der Waals surface area contributed by atoms with Crippen molar-refractivity contribution < 1.29 is 9.53 Å². The van der Waals surface area contributed by atoms with Crippen molar-refractivity contribution in [3.63, 3.8) is 0 Å². The molecule has 2 aromatic carbocycles. The summed E-state index contributed by atoms with van der Waals surface area (Å²) in [6.07, 6.45) is 1.29. The number of H-pyrrole nitrogens is 2. The van der Waals surface area contributed by atoms with Gasteiger partial charge in [0.25, 0.3) is 5.56 Å². The summed E-state index contributed by atoms with van der Waals surface area (Å²) in [5.74, 6) is 0. The molecule has 4 aromatic rings. The first-order valence-electron chi connectivity index (χ1n) is 9.04. The van der Waals surface area contributed by atoms with E-state index in [1.165, 1.54) is 0 Å². The van der Waals surface area contributed by atoms with E-state index in [1.54, 1.807) is 6.20 Å². The lowest BCUT2D eigenvalue weighted by atomic mass is 10.0. The molecule has 2 heterocycles. The maximum absolute atomic E-state index is 12.1. The minimum atomic E-state index is -0.542. The Balaban J connectivity index is 1.64. The largest absolute Gasteiger partial charge is 0.444 e. The molecule has 0 radical (unpaired) electrons. The lowest BCUT2D eigenvalue weighted by molar-refractivity contribution is 0.0636. The summed E-state index contributed by atoms with van der Waals surface area (Å²) in [7, 11) is 0. The van der Waals surface area contributed by atoms with Gasteiger partial charge in [-0.05, 0) is 62.2 Å². The summed E-state index contributed by atoms with van der Waals surface area (Å²) in [6.45, 7) is 5.47. The van der Waals surface area contributed by atoms with Crippen LogP contribution in [0.5, 0.6) is 0 Å². The van der Waals surface area contributed by atoms with Crippen LogP contribution in [0, 0.1) is 0 Å². The van der Waals surface area contributed by atoms with Crippen molar-refractivity contribution >= 4 is 33.6 Å². The van der Waals surface area contributed by atoms with E-state index in [9.17, 15) is 9.59 Å².